The van der Waals surface area contributed by atoms with E-state index in [1.54, 1.807) is 0 Å². The summed E-state index contributed by atoms with van der Waals surface area (Å²) in [6.07, 6.45) is -5.12. The first-order valence-corrected chi connectivity index (χ1v) is 10.6. The molecule has 34 heavy (non-hydrogen) atoms. The van der Waals surface area contributed by atoms with Gasteiger partial charge in [-0.2, -0.15) is 28.1 Å². The van der Waals surface area contributed by atoms with Crippen molar-refractivity contribution in [3.8, 4) is 0 Å². The monoisotopic (exact) mass is 478 g/mol. The van der Waals surface area contributed by atoms with Crippen LogP contribution in [-0.4, -0.2) is 54.4 Å². The molecular weight excluding hydrogens is 453 g/mol. The second-order valence-electron chi connectivity index (χ2n) is 8.14. The molecule has 1 aromatic carbocycles. The molecule has 5 N–H and O–H groups in total. The Morgan fingerprint density at radius 2 is 1.91 bits per heavy atom. The molecule has 2 aliphatic rings. The van der Waals surface area contributed by atoms with E-state index in [2.05, 4.69) is 32.0 Å². The molecule has 1 unspecified atom stereocenters. The number of ether oxygens (including phenoxy) is 1. The van der Waals surface area contributed by atoms with Gasteiger partial charge in [0, 0.05) is 18.8 Å². The minimum absolute atomic E-state index is 0.0657. The topological polar surface area (TPSA) is 140 Å². The first kappa shape index (κ1) is 23.5. The molecule has 2 aromatic rings. The lowest BCUT2D eigenvalue weighted by atomic mass is 10.3. The van der Waals surface area contributed by atoms with Crippen molar-refractivity contribution in [2.75, 3.05) is 36.5 Å². The molecule has 0 spiro atoms. The quantitative estimate of drug-likeness (QED) is 0.283. The number of anilines is 2. The molecule has 1 saturated heterocycles. The number of para-hydroxylation sites is 1. The summed E-state index contributed by atoms with van der Waals surface area (Å²) in [4.78, 5) is 14.2. The average Bonchev–Trinajstić information content (AvgIpc) is 3.14. The van der Waals surface area contributed by atoms with E-state index in [1.807, 2.05) is 35.2 Å². The number of nitrogens with zero attached hydrogens (tertiary/aromatic N) is 5. The Morgan fingerprint density at radius 1 is 1.21 bits per heavy atom. The van der Waals surface area contributed by atoms with Crippen LogP contribution in [0.5, 0.6) is 0 Å². The number of benzene rings is 1. The Labute approximate surface area is 193 Å². The Balaban J connectivity index is 1.25. The normalized spacial score (nSPS) is 22.6. The summed E-state index contributed by atoms with van der Waals surface area (Å²) in [5.41, 5.74) is 12.5. The molecule has 4 rings (SSSR count). The molecule has 1 saturated carbocycles. The van der Waals surface area contributed by atoms with Crippen molar-refractivity contribution in [3.05, 3.63) is 48.6 Å². The smallest absolute Gasteiger partial charge is 0.381 e. The molecule has 1 aromatic heterocycles. The second-order valence-corrected chi connectivity index (χ2v) is 8.14. The lowest BCUT2D eigenvalue weighted by Crippen LogP contribution is -2.26. The van der Waals surface area contributed by atoms with Crippen molar-refractivity contribution in [1.29, 1.82) is 0 Å². The number of hydrogen-bond donors (Lipinski definition) is 3. The first-order chi connectivity index (χ1) is 16.2. The van der Waals surface area contributed by atoms with Crippen molar-refractivity contribution in [3.63, 3.8) is 0 Å². The second kappa shape index (κ2) is 9.71. The fourth-order valence-electron chi connectivity index (χ4n) is 3.96. The van der Waals surface area contributed by atoms with Gasteiger partial charge in [-0.1, -0.05) is 29.9 Å². The van der Waals surface area contributed by atoms with E-state index < -0.39 is 12.6 Å². The Kier molecular flexibility index (Phi) is 6.72. The summed E-state index contributed by atoms with van der Waals surface area (Å²) in [5, 5.41) is 6.81. The zero-order chi connectivity index (χ0) is 24.3. The van der Waals surface area contributed by atoms with Gasteiger partial charge in [-0.3, -0.25) is 0 Å². The highest BCUT2D eigenvalue weighted by molar-refractivity contribution is 6.02. The van der Waals surface area contributed by atoms with Gasteiger partial charge in [0.05, 0.1) is 19.6 Å². The van der Waals surface area contributed by atoms with E-state index in [1.165, 1.54) is 0 Å². The van der Waals surface area contributed by atoms with E-state index in [4.69, 9.17) is 20.7 Å². The highest BCUT2D eigenvalue weighted by atomic mass is 19.4. The number of halogens is 3. The zero-order valence-corrected chi connectivity index (χ0v) is 18.2. The fourth-order valence-corrected chi connectivity index (χ4v) is 3.96. The van der Waals surface area contributed by atoms with Gasteiger partial charge in [0.1, 0.15) is 5.82 Å². The maximum atomic E-state index is 12.2. The molecule has 3 atom stereocenters. The predicted molar refractivity (Wildman–Crippen MR) is 120 cm³/mol. The molecule has 2 heterocycles. The van der Waals surface area contributed by atoms with Gasteiger partial charge >= 0.3 is 12.2 Å². The molecule has 1 aliphatic heterocycles. The lowest BCUT2D eigenvalue weighted by molar-refractivity contribution is -0.145. The van der Waals surface area contributed by atoms with Gasteiger partial charge in [-0.05, 0) is 29.9 Å². The molecule has 0 bridgehead atoms. The summed E-state index contributed by atoms with van der Waals surface area (Å²) < 4.78 is 47.0. The number of nitrogens with one attached hydrogen (secondary N) is 1. The number of fused-ring (bicyclic) bond motifs is 1. The van der Waals surface area contributed by atoms with Crippen LogP contribution in [-0.2, 0) is 4.74 Å². The number of hydrogen-bond acceptors (Lipinski definition) is 7. The standard InChI is InChI=1S/C21H25F3N8O2/c1-12(27-13-5-3-2-4-6-13)28-19(26)29-17(25)18-30-20(34-31-18)32-9-14-15(10-32)16(14)11-33-8-7-21(22,23)24/h2-6,14-16,27H,1,7-11H2,(H4,25,26,28,29)/t14-,15+,16?. The molecule has 10 nitrogen and oxygen atoms in total. The highest BCUT2D eigenvalue weighted by Gasteiger charge is 2.56. The lowest BCUT2D eigenvalue weighted by Gasteiger charge is -2.16. The molecular formula is C21H25F3N8O2. The van der Waals surface area contributed by atoms with Gasteiger partial charge in [0.2, 0.25) is 11.8 Å². The fraction of sp³-hybridized carbons (Fsp3) is 0.429. The van der Waals surface area contributed by atoms with Crippen LogP contribution >= 0.6 is 0 Å². The average molecular weight is 478 g/mol. The first-order valence-electron chi connectivity index (χ1n) is 10.6. The predicted octanol–water partition coefficient (Wildman–Crippen LogP) is 2.32. The SMILES string of the molecule is C=C(N=C(N)N=C(N)c1noc(N2C[C@@H]3C(COCCC(F)(F)F)[C@@H]3C2)n1)Nc1ccccc1. The summed E-state index contributed by atoms with van der Waals surface area (Å²) in [6.45, 7) is 5.11. The van der Waals surface area contributed by atoms with Gasteiger partial charge in [0.15, 0.2) is 5.84 Å². The number of piperidine rings is 1. The molecule has 0 amide bonds. The number of rotatable bonds is 9. The Bertz CT molecular complexity index is 1060. The van der Waals surface area contributed by atoms with Gasteiger partial charge in [-0.15, -0.1) is 0 Å². The van der Waals surface area contributed by atoms with E-state index in [-0.39, 0.29) is 36.0 Å². The van der Waals surface area contributed by atoms with Crippen LogP contribution in [0.4, 0.5) is 24.9 Å². The molecule has 0 radical (unpaired) electrons. The van der Waals surface area contributed by atoms with Crippen molar-refractivity contribution in [1.82, 2.24) is 10.1 Å². The number of alkyl halides is 3. The largest absolute Gasteiger partial charge is 0.391 e. The van der Waals surface area contributed by atoms with Crippen molar-refractivity contribution < 1.29 is 22.4 Å². The van der Waals surface area contributed by atoms with E-state index >= 15 is 0 Å². The summed E-state index contributed by atoms with van der Waals surface area (Å²) >= 11 is 0. The van der Waals surface area contributed by atoms with Crippen LogP contribution < -0.4 is 21.7 Å². The maximum Gasteiger partial charge on any atom is 0.391 e. The van der Waals surface area contributed by atoms with Crippen LogP contribution in [0.15, 0.2) is 57.2 Å². The minimum atomic E-state index is -4.19. The van der Waals surface area contributed by atoms with Crippen LogP contribution in [0.2, 0.25) is 0 Å². The van der Waals surface area contributed by atoms with E-state index in [0.717, 1.165) is 5.69 Å². The molecule has 182 valence electrons. The number of aromatic nitrogens is 2. The highest BCUT2D eigenvalue weighted by Crippen LogP contribution is 2.52. The molecule has 13 heteroatoms. The summed E-state index contributed by atoms with van der Waals surface area (Å²) in [5.74, 6) is 1.07. The maximum absolute atomic E-state index is 12.2. The van der Waals surface area contributed by atoms with Crippen LogP contribution in [0.25, 0.3) is 0 Å². The third-order valence-corrected chi connectivity index (χ3v) is 5.67. The Morgan fingerprint density at radius 3 is 2.59 bits per heavy atom. The third-order valence-electron chi connectivity index (χ3n) is 5.67. The van der Waals surface area contributed by atoms with Crippen molar-refractivity contribution in [2.24, 2.45) is 39.2 Å². The zero-order valence-electron chi connectivity index (χ0n) is 18.2. The third kappa shape index (κ3) is 6.04. The van der Waals surface area contributed by atoms with Gasteiger partial charge < -0.3 is 30.9 Å². The van der Waals surface area contributed by atoms with Crippen LogP contribution in [0.1, 0.15) is 12.2 Å². The van der Waals surface area contributed by atoms with Crippen molar-refractivity contribution in [2.45, 2.75) is 12.6 Å². The number of nitrogens with two attached hydrogens (primary N) is 2. The molecule has 1 aliphatic carbocycles. The minimum Gasteiger partial charge on any atom is -0.381 e. The number of amidine groups is 1. The van der Waals surface area contributed by atoms with E-state index in [0.29, 0.717) is 37.5 Å². The Hall–Kier alpha value is -3.61. The summed E-state index contributed by atoms with van der Waals surface area (Å²) in [6, 6.07) is 9.60. The van der Waals surface area contributed by atoms with Crippen LogP contribution in [0.3, 0.4) is 0 Å². The summed E-state index contributed by atoms with van der Waals surface area (Å²) in [7, 11) is 0. The van der Waals surface area contributed by atoms with Gasteiger partial charge in [-0.25, -0.2) is 0 Å². The molecule has 2 fully saturated rings. The van der Waals surface area contributed by atoms with Gasteiger partial charge in [0.25, 0.3) is 0 Å². The number of guanidine groups is 1. The van der Waals surface area contributed by atoms with Crippen LogP contribution in [0, 0.1) is 17.8 Å². The van der Waals surface area contributed by atoms with E-state index in [9.17, 15) is 13.2 Å². The van der Waals surface area contributed by atoms with Crippen molar-refractivity contribution >= 4 is 23.5 Å². The number of aliphatic imine (C=N–C) groups is 2.